The van der Waals surface area contributed by atoms with Crippen LogP contribution in [0, 0.1) is 5.92 Å². The molecular formula is C35H48N4O8S. The van der Waals surface area contributed by atoms with Gasteiger partial charge in [0.05, 0.1) is 6.04 Å². The molecule has 1 unspecified atom stereocenters. The number of nitrogens with one attached hydrogen (secondary N) is 1. The van der Waals surface area contributed by atoms with Gasteiger partial charge in [0.25, 0.3) is 17.7 Å². The molecule has 0 saturated heterocycles. The zero-order valence-corrected chi connectivity index (χ0v) is 29.9. The third-order valence-corrected chi connectivity index (χ3v) is 8.60. The Bertz CT molecular complexity index is 1430. The Morgan fingerprint density at radius 3 is 2.25 bits per heavy atom. The van der Waals surface area contributed by atoms with Crippen molar-refractivity contribution in [1.29, 1.82) is 0 Å². The fraction of sp³-hybridized carbons (Fsp3) is 0.543. The quantitative estimate of drug-likeness (QED) is 0.136. The van der Waals surface area contributed by atoms with Gasteiger partial charge in [-0.3, -0.25) is 24.1 Å². The van der Waals surface area contributed by atoms with Gasteiger partial charge in [-0.25, -0.2) is 9.78 Å². The van der Waals surface area contributed by atoms with Crippen molar-refractivity contribution < 1.29 is 38.2 Å². The standard InChI is InChI=1S/C35H48N4O8S/c1-22(2)27(38(8)34(44)47-35(5,6)7)20-28(45-19-13-12-18-39-29(41)16-17-30(39)42)33-37-26(21-48-33)32(43)36-23(3)31(46-24(4)40)25-14-10-9-11-15-25/h9-11,14-17,21-23,27-28,31H,12-13,18-20H2,1-8H3,(H,36,43)/t23-,27-,28-,31?/m1/s1. The molecule has 12 nitrogen and oxygen atoms in total. The van der Waals surface area contributed by atoms with E-state index in [1.165, 1.54) is 35.3 Å². The van der Waals surface area contributed by atoms with Gasteiger partial charge in [-0.05, 0) is 52.0 Å². The fourth-order valence-electron chi connectivity index (χ4n) is 5.23. The third kappa shape index (κ3) is 11.3. The highest BCUT2D eigenvalue weighted by molar-refractivity contribution is 7.09. The Labute approximate surface area is 286 Å². The predicted molar refractivity (Wildman–Crippen MR) is 181 cm³/mol. The van der Waals surface area contributed by atoms with Gasteiger partial charge in [0.15, 0.2) is 0 Å². The summed E-state index contributed by atoms with van der Waals surface area (Å²) in [6.45, 7) is 13.1. The SMILES string of the molecule is CC(=O)OC(c1ccccc1)[C@@H](C)NC(=O)c1csc([C@@H](C[C@H](C(C)C)N(C)C(=O)OC(C)(C)C)OCCCCN2C(=O)C=CC2=O)n1. The largest absolute Gasteiger partial charge is 0.455 e. The van der Waals surface area contributed by atoms with E-state index in [-0.39, 0.29) is 36.0 Å². The molecule has 0 spiro atoms. The average molecular weight is 685 g/mol. The molecule has 1 aliphatic rings. The maximum Gasteiger partial charge on any atom is 0.410 e. The van der Waals surface area contributed by atoms with Crippen molar-refractivity contribution in [2.24, 2.45) is 5.92 Å². The van der Waals surface area contributed by atoms with Crippen LogP contribution in [-0.4, -0.2) is 82.5 Å². The molecule has 0 saturated carbocycles. The number of imide groups is 1. The van der Waals surface area contributed by atoms with Gasteiger partial charge in [-0.2, -0.15) is 0 Å². The minimum Gasteiger partial charge on any atom is -0.455 e. The van der Waals surface area contributed by atoms with Gasteiger partial charge in [-0.1, -0.05) is 44.2 Å². The molecule has 2 heterocycles. The zero-order chi connectivity index (χ0) is 35.6. The fourth-order valence-corrected chi connectivity index (χ4v) is 6.09. The maximum atomic E-state index is 13.4. The first-order chi connectivity index (χ1) is 22.6. The van der Waals surface area contributed by atoms with Crippen LogP contribution < -0.4 is 5.32 Å². The van der Waals surface area contributed by atoms with Crippen molar-refractivity contribution >= 4 is 41.1 Å². The molecule has 0 radical (unpaired) electrons. The Morgan fingerprint density at radius 1 is 1.02 bits per heavy atom. The molecule has 1 aromatic carbocycles. The van der Waals surface area contributed by atoms with Gasteiger partial charge in [0.1, 0.15) is 28.5 Å². The van der Waals surface area contributed by atoms with Crippen LogP contribution in [0.2, 0.25) is 0 Å². The lowest BCUT2D eigenvalue weighted by Gasteiger charge is -2.34. The predicted octanol–water partition coefficient (Wildman–Crippen LogP) is 5.61. The Kier molecular flexibility index (Phi) is 13.9. The van der Waals surface area contributed by atoms with Crippen LogP contribution in [0.15, 0.2) is 47.9 Å². The summed E-state index contributed by atoms with van der Waals surface area (Å²) >= 11 is 1.27. The van der Waals surface area contributed by atoms with Crippen molar-refractivity contribution in [2.45, 2.75) is 97.6 Å². The van der Waals surface area contributed by atoms with E-state index in [0.717, 1.165) is 5.56 Å². The van der Waals surface area contributed by atoms with Gasteiger partial charge >= 0.3 is 12.1 Å². The van der Waals surface area contributed by atoms with E-state index in [9.17, 15) is 24.0 Å². The lowest BCUT2D eigenvalue weighted by molar-refractivity contribution is -0.148. The Balaban J connectivity index is 1.76. The van der Waals surface area contributed by atoms with Gasteiger partial charge < -0.3 is 24.4 Å². The number of hydrogen-bond acceptors (Lipinski definition) is 10. The van der Waals surface area contributed by atoms with E-state index in [4.69, 9.17) is 14.2 Å². The Morgan fingerprint density at radius 2 is 1.67 bits per heavy atom. The number of unbranched alkanes of at least 4 members (excludes halogenated alkanes) is 1. The van der Waals surface area contributed by atoms with E-state index >= 15 is 0 Å². The molecule has 1 aliphatic heterocycles. The number of nitrogens with zero attached hydrogens (tertiary/aromatic N) is 3. The number of esters is 1. The van der Waals surface area contributed by atoms with E-state index in [1.807, 2.05) is 65.0 Å². The topological polar surface area (TPSA) is 144 Å². The number of aromatic nitrogens is 1. The molecule has 0 fully saturated rings. The molecule has 13 heteroatoms. The summed E-state index contributed by atoms with van der Waals surface area (Å²) in [6.07, 6.45) is 2.30. The number of hydrogen-bond donors (Lipinski definition) is 1. The molecule has 4 amide bonds. The second-order valence-electron chi connectivity index (χ2n) is 13.1. The minimum atomic E-state index is -0.695. The van der Waals surface area contributed by atoms with Gasteiger partial charge in [-0.15, -0.1) is 11.3 Å². The van der Waals surface area contributed by atoms with Crippen molar-refractivity contribution in [3.63, 3.8) is 0 Å². The monoisotopic (exact) mass is 684 g/mol. The van der Waals surface area contributed by atoms with Crippen LogP contribution in [0.25, 0.3) is 0 Å². The van der Waals surface area contributed by atoms with Gasteiger partial charge in [0, 0.05) is 57.1 Å². The third-order valence-electron chi connectivity index (χ3n) is 7.66. The first-order valence-electron chi connectivity index (χ1n) is 16.2. The average Bonchev–Trinajstić information content (AvgIpc) is 3.63. The molecule has 2 aromatic rings. The highest BCUT2D eigenvalue weighted by Crippen LogP contribution is 2.31. The summed E-state index contributed by atoms with van der Waals surface area (Å²) in [4.78, 5) is 69.5. The number of rotatable bonds is 16. The Hall–Kier alpha value is -4.10. The van der Waals surface area contributed by atoms with Crippen LogP contribution in [0.4, 0.5) is 4.79 Å². The second-order valence-corrected chi connectivity index (χ2v) is 14.0. The van der Waals surface area contributed by atoms with Crippen LogP contribution in [0.5, 0.6) is 0 Å². The molecule has 48 heavy (non-hydrogen) atoms. The molecule has 0 aliphatic carbocycles. The lowest BCUT2D eigenvalue weighted by atomic mass is 9.96. The number of carbonyl (C=O) groups is 5. The van der Waals surface area contributed by atoms with Crippen LogP contribution in [0.3, 0.4) is 0 Å². The number of benzene rings is 1. The van der Waals surface area contributed by atoms with E-state index in [2.05, 4.69) is 10.3 Å². The number of ether oxygens (including phenoxy) is 3. The summed E-state index contributed by atoms with van der Waals surface area (Å²) in [5.74, 6) is -1.51. The highest BCUT2D eigenvalue weighted by Gasteiger charge is 2.32. The molecule has 1 aromatic heterocycles. The lowest BCUT2D eigenvalue weighted by Crippen LogP contribution is -2.44. The molecule has 262 valence electrons. The number of thiazole rings is 1. The minimum absolute atomic E-state index is 0.0353. The normalized spacial score (nSPS) is 15.6. The summed E-state index contributed by atoms with van der Waals surface area (Å²) in [5.41, 5.74) is 0.266. The summed E-state index contributed by atoms with van der Waals surface area (Å²) in [5, 5.41) is 5.12. The summed E-state index contributed by atoms with van der Waals surface area (Å²) in [6, 6.07) is 8.34. The van der Waals surface area contributed by atoms with Crippen molar-refractivity contribution in [3.05, 3.63) is 64.1 Å². The molecule has 3 rings (SSSR count). The van der Waals surface area contributed by atoms with Crippen molar-refractivity contribution in [1.82, 2.24) is 20.1 Å². The van der Waals surface area contributed by atoms with Crippen LogP contribution in [-0.2, 0) is 28.6 Å². The first-order valence-corrected chi connectivity index (χ1v) is 17.0. The van der Waals surface area contributed by atoms with Crippen molar-refractivity contribution in [2.75, 3.05) is 20.2 Å². The van der Waals surface area contributed by atoms with Crippen molar-refractivity contribution in [3.8, 4) is 0 Å². The molecule has 1 N–H and O–H groups in total. The van der Waals surface area contributed by atoms with E-state index in [0.29, 0.717) is 30.9 Å². The number of amides is 4. The smallest absolute Gasteiger partial charge is 0.410 e. The summed E-state index contributed by atoms with van der Waals surface area (Å²) < 4.78 is 17.5. The van der Waals surface area contributed by atoms with Crippen LogP contribution in [0.1, 0.15) is 101 Å². The molecule has 4 atom stereocenters. The van der Waals surface area contributed by atoms with E-state index in [1.54, 1.807) is 24.3 Å². The highest BCUT2D eigenvalue weighted by atomic mass is 32.1. The van der Waals surface area contributed by atoms with Gasteiger partial charge in [0.2, 0.25) is 0 Å². The maximum absolute atomic E-state index is 13.4. The molecule has 0 bridgehead atoms. The van der Waals surface area contributed by atoms with E-state index < -0.39 is 41.8 Å². The number of carbonyl (C=O) groups excluding carboxylic acids is 5. The zero-order valence-electron chi connectivity index (χ0n) is 29.1. The first kappa shape index (κ1) is 38.3. The molecular weight excluding hydrogens is 636 g/mol. The van der Waals surface area contributed by atoms with Crippen LogP contribution >= 0.6 is 11.3 Å². The second kappa shape index (κ2) is 17.3. The summed E-state index contributed by atoms with van der Waals surface area (Å²) in [7, 11) is 1.70.